The Labute approximate surface area is 124 Å². The molecule has 2 heterocycles. The van der Waals surface area contributed by atoms with Gasteiger partial charge in [-0.05, 0) is 42.9 Å². The molecule has 3 aliphatic rings. The zero-order valence-corrected chi connectivity index (χ0v) is 12.1. The van der Waals surface area contributed by atoms with Crippen molar-refractivity contribution in [1.29, 1.82) is 0 Å². The summed E-state index contributed by atoms with van der Waals surface area (Å²) in [6.07, 6.45) is 6.56. The first-order valence-electron chi connectivity index (χ1n) is 7.96. The Morgan fingerprint density at radius 3 is 2.95 bits per heavy atom. The van der Waals surface area contributed by atoms with Crippen LogP contribution in [0.2, 0.25) is 0 Å². The molecule has 2 atom stereocenters. The molecule has 0 aromatic heterocycles. The standard InChI is InChI=1S/C17H20N2O2/c20-16-10-12-5-6-13(9-14(12)18-16)17(21)19-8-7-11-3-1-2-4-15(11)19/h5-6,9,11,15H,1-4,7-8,10H2,(H,18,20). The van der Waals surface area contributed by atoms with Crippen LogP contribution in [-0.2, 0) is 11.2 Å². The van der Waals surface area contributed by atoms with E-state index in [9.17, 15) is 9.59 Å². The first-order valence-corrected chi connectivity index (χ1v) is 7.96. The van der Waals surface area contributed by atoms with Crippen LogP contribution < -0.4 is 5.32 Å². The van der Waals surface area contributed by atoms with E-state index in [2.05, 4.69) is 10.2 Å². The van der Waals surface area contributed by atoms with Gasteiger partial charge in [0.05, 0.1) is 6.42 Å². The Hall–Kier alpha value is -1.84. The normalized spacial score (nSPS) is 27.2. The van der Waals surface area contributed by atoms with Gasteiger partial charge < -0.3 is 10.2 Å². The van der Waals surface area contributed by atoms with Crippen LogP contribution in [0.15, 0.2) is 18.2 Å². The molecule has 2 aliphatic heterocycles. The monoisotopic (exact) mass is 284 g/mol. The van der Waals surface area contributed by atoms with Gasteiger partial charge >= 0.3 is 0 Å². The quantitative estimate of drug-likeness (QED) is 0.861. The number of fused-ring (bicyclic) bond motifs is 2. The topological polar surface area (TPSA) is 49.4 Å². The third kappa shape index (κ3) is 2.13. The number of carbonyl (C=O) groups is 2. The number of amides is 2. The number of nitrogens with zero attached hydrogens (tertiary/aromatic N) is 1. The Kier molecular flexibility index (Phi) is 2.98. The number of hydrogen-bond donors (Lipinski definition) is 1. The highest BCUT2D eigenvalue weighted by Gasteiger charge is 2.38. The van der Waals surface area contributed by atoms with Crippen LogP contribution in [-0.4, -0.2) is 29.3 Å². The predicted molar refractivity (Wildman–Crippen MR) is 80.2 cm³/mol. The molecule has 1 N–H and O–H groups in total. The lowest BCUT2D eigenvalue weighted by atomic mass is 9.85. The van der Waals surface area contributed by atoms with Crippen molar-refractivity contribution in [2.24, 2.45) is 5.92 Å². The summed E-state index contributed by atoms with van der Waals surface area (Å²) in [5.74, 6) is 0.855. The van der Waals surface area contributed by atoms with Crippen LogP contribution in [0.5, 0.6) is 0 Å². The number of likely N-dealkylation sites (tertiary alicyclic amines) is 1. The number of benzene rings is 1. The van der Waals surface area contributed by atoms with Crippen LogP contribution in [0.25, 0.3) is 0 Å². The molecule has 4 nitrogen and oxygen atoms in total. The number of rotatable bonds is 1. The Morgan fingerprint density at radius 2 is 2.05 bits per heavy atom. The summed E-state index contributed by atoms with van der Waals surface area (Å²) in [5, 5.41) is 2.83. The summed E-state index contributed by atoms with van der Waals surface area (Å²) in [6, 6.07) is 6.07. The maximum Gasteiger partial charge on any atom is 0.254 e. The molecule has 1 aromatic carbocycles. The molecule has 110 valence electrons. The van der Waals surface area contributed by atoms with E-state index in [0.29, 0.717) is 23.9 Å². The molecular weight excluding hydrogens is 264 g/mol. The molecule has 1 saturated carbocycles. The van der Waals surface area contributed by atoms with Crippen LogP contribution in [0.3, 0.4) is 0 Å². The second kappa shape index (κ2) is 4.86. The second-order valence-corrected chi connectivity index (χ2v) is 6.50. The van der Waals surface area contributed by atoms with Crippen LogP contribution in [0.1, 0.15) is 48.0 Å². The van der Waals surface area contributed by atoms with E-state index in [1.807, 2.05) is 18.2 Å². The molecule has 21 heavy (non-hydrogen) atoms. The summed E-state index contributed by atoms with van der Waals surface area (Å²) in [6.45, 7) is 0.887. The van der Waals surface area contributed by atoms with Gasteiger partial charge in [0, 0.05) is 23.8 Å². The predicted octanol–water partition coefficient (Wildman–Crippen LogP) is 2.59. The van der Waals surface area contributed by atoms with Crippen molar-refractivity contribution in [3.63, 3.8) is 0 Å². The average Bonchev–Trinajstić information content (AvgIpc) is 3.07. The first kappa shape index (κ1) is 12.9. The van der Waals surface area contributed by atoms with Gasteiger partial charge in [0.25, 0.3) is 5.91 Å². The van der Waals surface area contributed by atoms with Crippen LogP contribution in [0, 0.1) is 5.92 Å². The van der Waals surface area contributed by atoms with Crippen LogP contribution in [0.4, 0.5) is 5.69 Å². The van der Waals surface area contributed by atoms with Crippen LogP contribution >= 0.6 is 0 Å². The molecule has 4 rings (SSSR count). The van der Waals surface area contributed by atoms with Crippen molar-refractivity contribution < 1.29 is 9.59 Å². The summed E-state index contributed by atoms with van der Waals surface area (Å²) >= 11 is 0. The minimum Gasteiger partial charge on any atom is -0.335 e. The van der Waals surface area contributed by atoms with E-state index < -0.39 is 0 Å². The molecule has 2 amide bonds. The minimum atomic E-state index is 0.0168. The maximum atomic E-state index is 12.8. The largest absolute Gasteiger partial charge is 0.335 e. The SMILES string of the molecule is O=C1Cc2ccc(C(=O)N3CCC4CCCCC43)cc2N1. The average molecular weight is 284 g/mol. The molecule has 2 unspecified atom stereocenters. The zero-order valence-electron chi connectivity index (χ0n) is 12.1. The Morgan fingerprint density at radius 1 is 1.19 bits per heavy atom. The zero-order chi connectivity index (χ0) is 14.4. The van der Waals surface area contributed by atoms with E-state index in [1.165, 1.54) is 19.3 Å². The second-order valence-electron chi connectivity index (χ2n) is 6.50. The van der Waals surface area contributed by atoms with E-state index in [0.717, 1.165) is 30.6 Å². The smallest absolute Gasteiger partial charge is 0.254 e. The van der Waals surface area contributed by atoms with E-state index in [1.54, 1.807) is 0 Å². The summed E-state index contributed by atoms with van der Waals surface area (Å²) in [7, 11) is 0. The van der Waals surface area contributed by atoms with Gasteiger partial charge in [-0.15, -0.1) is 0 Å². The molecular formula is C17H20N2O2. The molecule has 0 spiro atoms. The van der Waals surface area contributed by atoms with E-state index in [-0.39, 0.29) is 11.8 Å². The molecule has 4 heteroatoms. The van der Waals surface area contributed by atoms with Crippen molar-refractivity contribution >= 4 is 17.5 Å². The van der Waals surface area contributed by atoms with Gasteiger partial charge in [-0.1, -0.05) is 18.9 Å². The Bertz CT molecular complexity index is 611. The highest BCUT2D eigenvalue weighted by atomic mass is 16.2. The lowest BCUT2D eigenvalue weighted by molar-refractivity contribution is -0.115. The van der Waals surface area contributed by atoms with Gasteiger partial charge in [-0.25, -0.2) is 0 Å². The van der Waals surface area contributed by atoms with Crippen molar-refractivity contribution in [2.45, 2.75) is 44.6 Å². The highest BCUT2D eigenvalue weighted by Crippen LogP contribution is 2.37. The van der Waals surface area contributed by atoms with E-state index in [4.69, 9.17) is 0 Å². The summed E-state index contributed by atoms with van der Waals surface area (Å²) in [4.78, 5) is 26.3. The molecule has 0 radical (unpaired) electrons. The van der Waals surface area contributed by atoms with Gasteiger partial charge in [0.15, 0.2) is 0 Å². The van der Waals surface area contributed by atoms with Gasteiger partial charge in [0.1, 0.15) is 0 Å². The van der Waals surface area contributed by atoms with Crippen molar-refractivity contribution in [1.82, 2.24) is 4.90 Å². The summed E-state index contributed by atoms with van der Waals surface area (Å²) < 4.78 is 0. The molecule has 1 aromatic rings. The maximum absolute atomic E-state index is 12.8. The molecule has 0 bridgehead atoms. The van der Waals surface area contributed by atoms with Crippen molar-refractivity contribution in [3.8, 4) is 0 Å². The van der Waals surface area contributed by atoms with Gasteiger partial charge in [-0.3, -0.25) is 9.59 Å². The van der Waals surface area contributed by atoms with Crippen molar-refractivity contribution in [2.75, 3.05) is 11.9 Å². The fraction of sp³-hybridized carbons (Fsp3) is 0.529. The molecule has 1 saturated heterocycles. The third-order valence-electron chi connectivity index (χ3n) is 5.25. The lowest BCUT2D eigenvalue weighted by Crippen LogP contribution is -2.39. The number of nitrogens with one attached hydrogen (secondary N) is 1. The fourth-order valence-corrected chi connectivity index (χ4v) is 4.17. The van der Waals surface area contributed by atoms with Crippen molar-refractivity contribution in [3.05, 3.63) is 29.3 Å². The number of hydrogen-bond acceptors (Lipinski definition) is 2. The first-order chi connectivity index (χ1) is 10.2. The van der Waals surface area contributed by atoms with Gasteiger partial charge in [0.2, 0.25) is 5.91 Å². The number of carbonyl (C=O) groups excluding carboxylic acids is 2. The minimum absolute atomic E-state index is 0.0168. The lowest BCUT2D eigenvalue weighted by Gasteiger charge is -2.31. The number of anilines is 1. The molecule has 1 aliphatic carbocycles. The van der Waals surface area contributed by atoms with Gasteiger partial charge in [-0.2, -0.15) is 0 Å². The Balaban J connectivity index is 1.58. The highest BCUT2D eigenvalue weighted by molar-refractivity contribution is 6.02. The molecule has 2 fully saturated rings. The van der Waals surface area contributed by atoms with E-state index >= 15 is 0 Å². The third-order valence-corrected chi connectivity index (χ3v) is 5.25. The fourth-order valence-electron chi connectivity index (χ4n) is 4.17. The summed E-state index contributed by atoms with van der Waals surface area (Å²) in [5.41, 5.74) is 2.51.